The fraction of sp³-hybridized carbons (Fsp3) is 0.444. The topological polar surface area (TPSA) is 77.5 Å². The molecule has 4 heteroatoms. The molecule has 0 saturated carbocycles. The van der Waals surface area contributed by atoms with Gasteiger partial charge in [-0.1, -0.05) is 13.3 Å². The van der Waals surface area contributed by atoms with Crippen molar-refractivity contribution in [3.8, 4) is 0 Å². The molecule has 0 spiro atoms. The Labute approximate surface area is 77.6 Å². The van der Waals surface area contributed by atoms with Crippen LogP contribution < -0.4 is 11.6 Å². The van der Waals surface area contributed by atoms with Crippen molar-refractivity contribution in [2.24, 2.45) is 16.7 Å². The van der Waals surface area contributed by atoms with Crippen molar-refractivity contribution in [1.29, 1.82) is 0 Å². The highest BCUT2D eigenvalue weighted by molar-refractivity contribution is 5.95. The van der Waals surface area contributed by atoms with E-state index in [0.29, 0.717) is 5.76 Å². The van der Waals surface area contributed by atoms with E-state index in [-0.39, 0.29) is 5.84 Å². The fourth-order valence-corrected chi connectivity index (χ4v) is 1.18. The number of unbranched alkanes of at least 4 members (excludes halogenated alkanes) is 1. The Bertz CT molecular complexity index is 291. The first-order valence-corrected chi connectivity index (χ1v) is 4.39. The first-order chi connectivity index (χ1) is 6.29. The first-order valence-electron chi connectivity index (χ1n) is 4.39. The summed E-state index contributed by atoms with van der Waals surface area (Å²) in [5.74, 6) is 5.93. The zero-order valence-corrected chi connectivity index (χ0v) is 7.79. The van der Waals surface area contributed by atoms with E-state index in [1.54, 1.807) is 6.26 Å². The molecule has 1 aromatic heterocycles. The number of nitrogens with zero attached hydrogens (tertiary/aromatic N) is 1. The quantitative estimate of drug-likeness (QED) is 0.317. The van der Waals surface area contributed by atoms with E-state index in [2.05, 4.69) is 12.0 Å². The van der Waals surface area contributed by atoms with Crippen molar-refractivity contribution in [2.75, 3.05) is 0 Å². The minimum atomic E-state index is 0.260. The van der Waals surface area contributed by atoms with Gasteiger partial charge in [0.05, 0.1) is 6.26 Å². The molecule has 0 aliphatic carbocycles. The summed E-state index contributed by atoms with van der Waals surface area (Å²) in [7, 11) is 0. The Morgan fingerprint density at radius 3 is 3.00 bits per heavy atom. The van der Waals surface area contributed by atoms with E-state index in [1.165, 1.54) is 0 Å². The van der Waals surface area contributed by atoms with E-state index in [0.717, 1.165) is 24.8 Å². The summed E-state index contributed by atoms with van der Waals surface area (Å²) in [4.78, 5) is 0. The highest BCUT2D eigenvalue weighted by atomic mass is 16.3. The van der Waals surface area contributed by atoms with Crippen molar-refractivity contribution in [1.82, 2.24) is 0 Å². The molecule has 0 bridgehead atoms. The van der Waals surface area contributed by atoms with Crippen LogP contribution in [0.3, 0.4) is 0 Å². The third kappa shape index (κ3) is 2.24. The van der Waals surface area contributed by atoms with E-state index in [1.807, 2.05) is 6.07 Å². The molecule has 0 aliphatic rings. The van der Waals surface area contributed by atoms with Gasteiger partial charge in [0, 0.05) is 5.56 Å². The van der Waals surface area contributed by atoms with E-state index >= 15 is 0 Å². The smallest absolute Gasteiger partial charge is 0.186 e. The third-order valence-electron chi connectivity index (χ3n) is 1.92. The van der Waals surface area contributed by atoms with Crippen LogP contribution in [0.1, 0.15) is 31.1 Å². The number of hydrazone groups is 1. The maximum Gasteiger partial charge on any atom is 0.186 e. The van der Waals surface area contributed by atoms with Crippen LogP contribution in [0, 0.1) is 0 Å². The van der Waals surface area contributed by atoms with E-state index in [9.17, 15) is 0 Å². The van der Waals surface area contributed by atoms with Gasteiger partial charge in [0.25, 0.3) is 0 Å². The molecular weight excluding hydrogens is 166 g/mol. The van der Waals surface area contributed by atoms with Crippen LogP contribution in [0.15, 0.2) is 21.8 Å². The second-order valence-corrected chi connectivity index (χ2v) is 2.89. The molecule has 0 amide bonds. The Balaban J connectivity index is 2.77. The number of hydrogen-bond acceptors (Lipinski definition) is 3. The summed E-state index contributed by atoms with van der Waals surface area (Å²) < 4.78 is 5.18. The number of rotatable bonds is 4. The van der Waals surface area contributed by atoms with Crippen LogP contribution >= 0.6 is 0 Å². The van der Waals surface area contributed by atoms with Crippen molar-refractivity contribution in [3.05, 3.63) is 23.7 Å². The van der Waals surface area contributed by atoms with Crippen LogP contribution in [0.2, 0.25) is 0 Å². The van der Waals surface area contributed by atoms with E-state index in [4.69, 9.17) is 16.0 Å². The molecule has 0 saturated heterocycles. The number of nitrogens with two attached hydrogens (primary N) is 2. The second kappa shape index (κ2) is 4.54. The van der Waals surface area contributed by atoms with Gasteiger partial charge in [-0.2, -0.15) is 5.10 Å². The lowest BCUT2D eigenvalue weighted by atomic mass is 10.1. The highest BCUT2D eigenvalue weighted by Gasteiger charge is 2.09. The number of furan rings is 1. The molecule has 4 N–H and O–H groups in total. The molecule has 4 nitrogen and oxygen atoms in total. The predicted molar refractivity (Wildman–Crippen MR) is 52.2 cm³/mol. The van der Waals surface area contributed by atoms with Gasteiger partial charge in [-0.15, -0.1) is 0 Å². The zero-order valence-electron chi connectivity index (χ0n) is 7.79. The van der Waals surface area contributed by atoms with E-state index < -0.39 is 0 Å². The predicted octanol–water partition coefficient (Wildman–Crippen LogP) is 1.20. The first kappa shape index (κ1) is 9.64. The Morgan fingerprint density at radius 1 is 1.62 bits per heavy atom. The summed E-state index contributed by atoms with van der Waals surface area (Å²) in [5, 5.41) is 3.40. The third-order valence-corrected chi connectivity index (χ3v) is 1.92. The van der Waals surface area contributed by atoms with Gasteiger partial charge in [0.1, 0.15) is 0 Å². The molecule has 1 aromatic rings. The Kier molecular flexibility index (Phi) is 3.37. The lowest BCUT2D eigenvalue weighted by Crippen LogP contribution is -2.16. The van der Waals surface area contributed by atoms with Crippen LogP contribution in [0.25, 0.3) is 0 Å². The maximum absolute atomic E-state index is 5.54. The summed E-state index contributed by atoms with van der Waals surface area (Å²) >= 11 is 0. The van der Waals surface area contributed by atoms with Gasteiger partial charge in [-0.3, -0.25) is 0 Å². The molecular formula is C9H15N3O. The number of amidine groups is 1. The fourth-order valence-electron chi connectivity index (χ4n) is 1.18. The van der Waals surface area contributed by atoms with Gasteiger partial charge in [-0.25, -0.2) is 0 Å². The van der Waals surface area contributed by atoms with Gasteiger partial charge in [0.15, 0.2) is 11.6 Å². The summed E-state index contributed by atoms with van der Waals surface area (Å²) in [6.45, 7) is 2.14. The normalized spacial score (nSPS) is 11.9. The number of aryl methyl sites for hydroxylation is 1. The Hall–Kier alpha value is -1.45. The van der Waals surface area contributed by atoms with Gasteiger partial charge < -0.3 is 16.0 Å². The van der Waals surface area contributed by atoms with Crippen molar-refractivity contribution in [3.63, 3.8) is 0 Å². The molecule has 0 unspecified atom stereocenters. The van der Waals surface area contributed by atoms with Gasteiger partial charge in [-0.05, 0) is 18.9 Å². The van der Waals surface area contributed by atoms with Crippen molar-refractivity contribution in [2.45, 2.75) is 26.2 Å². The van der Waals surface area contributed by atoms with Crippen LogP contribution in [0.5, 0.6) is 0 Å². The minimum Gasteiger partial charge on any atom is -0.461 e. The Morgan fingerprint density at radius 2 is 2.38 bits per heavy atom. The monoisotopic (exact) mass is 181 g/mol. The summed E-state index contributed by atoms with van der Waals surface area (Å²) in [5.41, 5.74) is 6.62. The van der Waals surface area contributed by atoms with Crippen molar-refractivity contribution < 1.29 is 4.42 Å². The molecule has 0 fully saturated rings. The molecule has 0 atom stereocenters. The molecule has 0 aliphatic heterocycles. The van der Waals surface area contributed by atoms with Crippen LogP contribution in [0.4, 0.5) is 0 Å². The number of hydrogen-bond donors (Lipinski definition) is 2. The van der Waals surface area contributed by atoms with Gasteiger partial charge in [0.2, 0.25) is 0 Å². The summed E-state index contributed by atoms with van der Waals surface area (Å²) in [6, 6.07) is 1.91. The van der Waals surface area contributed by atoms with Crippen LogP contribution in [-0.4, -0.2) is 5.84 Å². The molecule has 1 heterocycles. The standard InChI is InChI=1S/C9H15N3O/c1-2-3-4-7-5-6-13-8(7)9(10)12-11/h5-6H,2-4,11H2,1H3,(H2,10,12). The maximum atomic E-state index is 5.54. The molecule has 0 aromatic carbocycles. The van der Waals surface area contributed by atoms with Gasteiger partial charge >= 0.3 is 0 Å². The minimum absolute atomic E-state index is 0.260. The summed E-state index contributed by atoms with van der Waals surface area (Å²) in [6.07, 6.45) is 4.82. The molecule has 0 radical (unpaired) electrons. The SMILES string of the molecule is CCCCc1ccoc1/C(N)=N/N. The zero-order chi connectivity index (χ0) is 9.68. The largest absolute Gasteiger partial charge is 0.461 e. The molecule has 1 rings (SSSR count). The average Bonchev–Trinajstić information content (AvgIpc) is 2.61. The van der Waals surface area contributed by atoms with Crippen molar-refractivity contribution >= 4 is 5.84 Å². The highest BCUT2D eigenvalue weighted by Crippen LogP contribution is 2.12. The second-order valence-electron chi connectivity index (χ2n) is 2.89. The lowest BCUT2D eigenvalue weighted by molar-refractivity contribution is 0.551. The average molecular weight is 181 g/mol. The molecule has 72 valence electrons. The lowest BCUT2D eigenvalue weighted by Gasteiger charge is -1.99. The molecule has 13 heavy (non-hydrogen) atoms. The van der Waals surface area contributed by atoms with Crippen LogP contribution in [-0.2, 0) is 6.42 Å².